The SMILES string of the molecule is C1CCCNCC1.O=C(C1CCCC1)C12CCC[NH+]1CC2. The van der Waals surface area contributed by atoms with Crippen LogP contribution in [0.15, 0.2) is 0 Å². The summed E-state index contributed by atoms with van der Waals surface area (Å²) in [6.07, 6.45) is 14.3. The lowest BCUT2D eigenvalue weighted by Crippen LogP contribution is -3.26. The Morgan fingerprint density at radius 1 is 0.857 bits per heavy atom. The minimum absolute atomic E-state index is 0.134. The van der Waals surface area contributed by atoms with Gasteiger partial charge in [0.15, 0.2) is 11.3 Å². The van der Waals surface area contributed by atoms with Crippen LogP contribution in [0.25, 0.3) is 0 Å². The zero-order valence-corrected chi connectivity index (χ0v) is 13.6. The number of ketones is 1. The van der Waals surface area contributed by atoms with E-state index < -0.39 is 0 Å². The lowest BCUT2D eigenvalue weighted by Gasteiger charge is -2.43. The summed E-state index contributed by atoms with van der Waals surface area (Å²) in [6.45, 7) is 5.02. The summed E-state index contributed by atoms with van der Waals surface area (Å²) in [6, 6.07) is 0. The molecule has 3 nitrogen and oxygen atoms in total. The van der Waals surface area contributed by atoms with E-state index in [0.717, 1.165) is 0 Å². The van der Waals surface area contributed by atoms with Gasteiger partial charge in [-0.25, -0.2) is 0 Å². The van der Waals surface area contributed by atoms with Gasteiger partial charge in [-0.2, -0.15) is 0 Å². The maximum absolute atomic E-state index is 12.4. The second kappa shape index (κ2) is 7.23. The molecule has 2 atom stereocenters. The molecule has 1 saturated carbocycles. The van der Waals surface area contributed by atoms with Gasteiger partial charge in [0.05, 0.1) is 19.5 Å². The average molecular weight is 293 g/mol. The molecule has 0 aromatic rings. The summed E-state index contributed by atoms with van der Waals surface area (Å²) >= 11 is 0. The number of rotatable bonds is 2. The van der Waals surface area contributed by atoms with Crippen molar-refractivity contribution in [1.82, 2.24) is 5.32 Å². The van der Waals surface area contributed by atoms with Crippen LogP contribution in [0.4, 0.5) is 0 Å². The third-order valence-corrected chi connectivity index (χ3v) is 6.27. The second-order valence-electron chi connectivity index (χ2n) is 7.55. The molecule has 3 aliphatic heterocycles. The smallest absolute Gasteiger partial charge is 0.196 e. The number of hydrogen-bond acceptors (Lipinski definition) is 2. The summed E-state index contributed by atoms with van der Waals surface area (Å²) in [7, 11) is 0. The fourth-order valence-corrected chi connectivity index (χ4v) is 4.85. The zero-order chi connectivity index (χ0) is 14.5. The van der Waals surface area contributed by atoms with Crippen molar-refractivity contribution in [3.05, 3.63) is 0 Å². The van der Waals surface area contributed by atoms with Crippen molar-refractivity contribution in [1.29, 1.82) is 0 Å². The lowest BCUT2D eigenvalue weighted by atomic mass is 9.75. The molecule has 0 amide bonds. The van der Waals surface area contributed by atoms with Crippen molar-refractivity contribution >= 4 is 5.78 Å². The summed E-state index contributed by atoms with van der Waals surface area (Å²) in [5.41, 5.74) is 0.134. The van der Waals surface area contributed by atoms with E-state index in [2.05, 4.69) is 5.32 Å². The van der Waals surface area contributed by atoms with Gasteiger partial charge in [0.1, 0.15) is 0 Å². The number of Topliss-reactive ketones (excluding diaryl/α,β-unsaturated/α-hetero) is 1. The number of quaternary nitrogens is 1. The Morgan fingerprint density at radius 3 is 2.14 bits per heavy atom. The zero-order valence-electron chi connectivity index (χ0n) is 13.6. The third kappa shape index (κ3) is 3.34. The molecule has 21 heavy (non-hydrogen) atoms. The van der Waals surface area contributed by atoms with Crippen LogP contribution in [-0.2, 0) is 4.79 Å². The Hall–Kier alpha value is -0.410. The van der Waals surface area contributed by atoms with Crippen LogP contribution in [0.5, 0.6) is 0 Å². The lowest BCUT2D eigenvalue weighted by molar-refractivity contribution is -0.971. The maximum Gasteiger partial charge on any atom is 0.196 e. The highest BCUT2D eigenvalue weighted by Crippen LogP contribution is 2.34. The Kier molecular flexibility index (Phi) is 5.33. The van der Waals surface area contributed by atoms with Gasteiger partial charge in [-0.15, -0.1) is 0 Å². The molecule has 120 valence electrons. The largest absolute Gasteiger partial charge is 0.323 e. The predicted molar refractivity (Wildman–Crippen MR) is 85.6 cm³/mol. The van der Waals surface area contributed by atoms with Crippen molar-refractivity contribution in [3.8, 4) is 0 Å². The second-order valence-corrected chi connectivity index (χ2v) is 7.55. The number of carbonyl (C=O) groups excluding carboxylic acids is 1. The van der Waals surface area contributed by atoms with Crippen molar-refractivity contribution in [2.75, 3.05) is 26.2 Å². The van der Waals surface area contributed by atoms with E-state index in [1.54, 1.807) is 4.90 Å². The van der Waals surface area contributed by atoms with E-state index in [9.17, 15) is 4.79 Å². The minimum Gasteiger partial charge on any atom is -0.323 e. The Morgan fingerprint density at radius 2 is 1.57 bits per heavy atom. The molecule has 4 aliphatic rings. The van der Waals surface area contributed by atoms with Crippen LogP contribution in [-0.4, -0.2) is 37.5 Å². The molecule has 3 heteroatoms. The fourth-order valence-electron chi connectivity index (χ4n) is 4.85. The first-order valence-corrected chi connectivity index (χ1v) is 9.43. The maximum atomic E-state index is 12.4. The molecule has 2 unspecified atom stereocenters. The fraction of sp³-hybridized carbons (Fsp3) is 0.944. The van der Waals surface area contributed by atoms with E-state index in [1.165, 1.54) is 96.8 Å². The first kappa shape index (κ1) is 15.5. The van der Waals surface area contributed by atoms with Crippen molar-refractivity contribution in [2.45, 2.75) is 76.2 Å². The first-order valence-electron chi connectivity index (χ1n) is 9.43. The van der Waals surface area contributed by atoms with Crippen molar-refractivity contribution < 1.29 is 9.69 Å². The van der Waals surface area contributed by atoms with E-state index in [1.807, 2.05) is 0 Å². The molecule has 1 aliphatic carbocycles. The van der Waals surface area contributed by atoms with E-state index in [-0.39, 0.29) is 5.54 Å². The number of carbonyl (C=O) groups is 1. The van der Waals surface area contributed by atoms with Crippen LogP contribution in [0.3, 0.4) is 0 Å². The number of nitrogens with one attached hydrogen (secondary N) is 2. The Bertz CT molecular complexity index is 331. The Balaban J connectivity index is 0.000000160. The van der Waals surface area contributed by atoms with Gasteiger partial charge in [0, 0.05) is 18.8 Å². The standard InChI is InChI=1S/C12H19NO.C6H13N/c14-11(10-4-1-2-5-10)12-6-3-8-13(12)9-7-12;1-2-4-6-7-5-3-1/h10H,1-9H2;7H,1-6H2/p+1. The highest BCUT2D eigenvalue weighted by atomic mass is 16.1. The molecule has 0 radical (unpaired) electrons. The highest BCUT2D eigenvalue weighted by molar-refractivity contribution is 5.90. The quantitative estimate of drug-likeness (QED) is 0.813. The van der Waals surface area contributed by atoms with Gasteiger partial charge in [0.25, 0.3) is 0 Å². The normalized spacial score (nSPS) is 36.1. The van der Waals surface area contributed by atoms with Crippen LogP contribution in [0.2, 0.25) is 0 Å². The van der Waals surface area contributed by atoms with E-state index in [4.69, 9.17) is 0 Å². The van der Waals surface area contributed by atoms with Crippen molar-refractivity contribution in [3.63, 3.8) is 0 Å². The molecule has 4 rings (SSSR count). The summed E-state index contributed by atoms with van der Waals surface area (Å²) in [4.78, 5) is 14.0. The van der Waals surface area contributed by atoms with Crippen LogP contribution < -0.4 is 10.2 Å². The van der Waals surface area contributed by atoms with Crippen LogP contribution >= 0.6 is 0 Å². The highest BCUT2D eigenvalue weighted by Gasteiger charge is 2.59. The molecule has 0 spiro atoms. The molecule has 4 fully saturated rings. The minimum atomic E-state index is 0.134. The molecular weight excluding hydrogens is 260 g/mol. The first-order chi connectivity index (χ1) is 10.3. The Labute approximate surface area is 129 Å². The molecule has 0 aromatic heterocycles. The van der Waals surface area contributed by atoms with Gasteiger partial charge in [-0.3, -0.25) is 4.79 Å². The molecule has 0 aromatic carbocycles. The van der Waals surface area contributed by atoms with Crippen molar-refractivity contribution in [2.24, 2.45) is 5.92 Å². The third-order valence-electron chi connectivity index (χ3n) is 6.27. The average Bonchev–Trinajstić information content (AvgIpc) is 2.99. The summed E-state index contributed by atoms with van der Waals surface area (Å²) in [5.74, 6) is 1.09. The van der Waals surface area contributed by atoms with Gasteiger partial charge < -0.3 is 10.2 Å². The molecule has 2 N–H and O–H groups in total. The van der Waals surface area contributed by atoms with Gasteiger partial charge in [-0.1, -0.05) is 25.7 Å². The molecule has 3 heterocycles. The predicted octanol–water partition coefficient (Wildman–Crippen LogP) is 1.72. The van der Waals surface area contributed by atoms with E-state index >= 15 is 0 Å². The monoisotopic (exact) mass is 293 g/mol. The molecular formula is C18H33N2O+. The van der Waals surface area contributed by atoms with Crippen LogP contribution in [0.1, 0.15) is 70.6 Å². The summed E-state index contributed by atoms with van der Waals surface area (Å²) in [5, 5.41) is 3.35. The van der Waals surface area contributed by atoms with Gasteiger partial charge in [0.2, 0.25) is 0 Å². The topological polar surface area (TPSA) is 33.5 Å². The molecule has 3 saturated heterocycles. The number of hydrogen-bond donors (Lipinski definition) is 2. The summed E-state index contributed by atoms with van der Waals surface area (Å²) < 4.78 is 0. The van der Waals surface area contributed by atoms with E-state index in [0.29, 0.717) is 11.7 Å². The van der Waals surface area contributed by atoms with Gasteiger partial charge >= 0.3 is 0 Å². The molecule has 0 bridgehead atoms. The van der Waals surface area contributed by atoms with Gasteiger partial charge in [-0.05, 0) is 38.8 Å². The number of fused-ring (bicyclic) bond motifs is 1. The van der Waals surface area contributed by atoms with Crippen LogP contribution in [0, 0.1) is 5.92 Å².